The minimum absolute atomic E-state index is 0.0532. The van der Waals surface area contributed by atoms with Crippen LogP contribution in [-0.2, 0) is 11.2 Å². The second-order valence-electron chi connectivity index (χ2n) is 8.47. The van der Waals surface area contributed by atoms with E-state index < -0.39 is 0 Å². The molecule has 2 aromatic carbocycles. The molecule has 0 aliphatic carbocycles. The summed E-state index contributed by atoms with van der Waals surface area (Å²) in [5, 5.41) is 2.77. The molecular weight excluding hydrogens is 468 g/mol. The van der Waals surface area contributed by atoms with Crippen LogP contribution in [0.3, 0.4) is 0 Å². The van der Waals surface area contributed by atoms with Crippen LogP contribution in [0.5, 0.6) is 5.75 Å². The molecule has 2 amide bonds. The second-order valence-corrected chi connectivity index (χ2v) is 9.87. The van der Waals surface area contributed by atoms with E-state index in [9.17, 15) is 9.59 Å². The van der Waals surface area contributed by atoms with E-state index in [-0.39, 0.29) is 24.4 Å². The Labute approximate surface area is 209 Å². The molecule has 1 unspecified atom stereocenters. The van der Waals surface area contributed by atoms with Gasteiger partial charge in [-0.15, -0.1) is 11.3 Å². The molecule has 2 heterocycles. The number of benzene rings is 2. The Balaban J connectivity index is 1.52. The Bertz CT molecular complexity index is 1150. The number of carbonyl (C=O) groups is 2. The van der Waals surface area contributed by atoms with Gasteiger partial charge in [-0.2, -0.15) is 0 Å². The molecule has 1 aromatic heterocycles. The van der Waals surface area contributed by atoms with Crippen LogP contribution in [0.4, 0.5) is 0 Å². The van der Waals surface area contributed by atoms with E-state index in [2.05, 4.69) is 11.4 Å². The Kier molecular flexibility index (Phi) is 7.91. The fourth-order valence-corrected chi connectivity index (χ4v) is 5.34. The molecular formula is C27H29ClN2O3S. The maximum Gasteiger partial charge on any atom is 0.254 e. The van der Waals surface area contributed by atoms with Gasteiger partial charge in [0.15, 0.2) is 0 Å². The van der Waals surface area contributed by atoms with Gasteiger partial charge in [-0.3, -0.25) is 9.59 Å². The molecule has 34 heavy (non-hydrogen) atoms. The zero-order valence-electron chi connectivity index (χ0n) is 19.5. The summed E-state index contributed by atoms with van der Waals surface area (Å²) in [6.45, 7) is 5.49. The summed E-state index contributed by atoms with van der Waals surface area (Å²) in [6, 6.07) is 16.6. The lowest BCUT2D eigenvalue weighted by atomic mass is 10.00. The van der Waals surface area contributed by atoms with Gasteiger partial charge in [0.25, 0.3) is 5.91 Å². The summed E-state index contributed by atoms with van der Waals surface area (Å²) < 4.78 is 6.13. The van der Waals surface area contributed by atoms with Crippen LogP contribution in [0.2, 0.25) is 5.02 Å². The molecule has 0 radical (unpaired) electrons. The van der Waals surface area contributed by atoms with Crippen LogP contribution < -0.4 is 4.74 Å². The zero-order chi connectivity index (χ0) is 24.1. The Hall–Kier alpha value is -2.83. The molecule has 1 atom stereocenters. The zero-order valence-corrected chi connectivity index (χ0v) is 21.1. The summed E-state index contributed by atoms with van der Waals surface area (Å²) >= 11 is 7.87. The summed E-state index contributed by atoms with van der Waals surface area (Å²) in [4.78, 5) is 31.4. The molecule has 0 spiro atoms. The molecule has 7 heteroatoms. The average Bonchev–Trinajstić information content (AvgIpc) is 3.33. The Morgan fingerprint density at radius 2 is 1.97 bits per heavy atom. The Morgan fingerprint density at radius 1 is 1.18 bits per heavy atom. The standard InChI is InChI=1S/C27H29ClN2O3S/c1-3-13-29(27(32)20-7-5-4-6-8-20)17-26(31)30-14-11-25-22(12-15-34-25)24(30)18-33-21-9-10-23(28)19(2)16-21/h4-10,12,15-16,24H,3,11,13-14,17-18H2,1-2H3. The van der Waals surface area contributed by atoms with Crippen molar-refractivity contribution in [3.63, 3.8) is 0 Å². The third-order valence-corrected chi connectivity index (χ3v) is 7.50. The lowest BCUT2D eigenvalue weighted by Gasteiger charge is -2.37. The largest absolute Gasteiger partial charge is 0.491 e. The number of carbonyl (C=O) groups excluding carboxylic acids is 2. The highest BCUT2D eigenvalue weighted by molar-refractivity contribution is 7.10. The number of aryl methyl sites for hydroxylation is 1. The third kappa shape index (κ3) is 5.45. The Morgan fingerprint density at radius 3 is 2.71 bits per heavy atom. The number of nitrogens with zero attached hydrogens (tertiary/aromatic N) is 2. The van der Waals surface area contributed by atoms with Crippen molar-refractivity contribution in [1.29, 1.82) is 0 Å². The molecule has 4 rings (SSSR count). The molecule has 0 saturated carbocycles. The van der Waals surface area contributed by atoms with Gasteiger partial charge in [0.1, 0.15) is 18.9 Å². The van der Waals surface area contributed by atoms with Crippen molar-refractivity contribution in [3.05, 3.63) is 86.6 Å². The highest BCUT2D eigenvalue weighted by Crippen LogP contribution is 2.34. The molecule has 3 aromatic rings. The van der Waals surface area contributed by atoms with E-state index >= 15 is 0 Å². The summed E-state index contributed by atoms with van der Waals surface area (Å²) in [5.74, 6) is 0.549. The minimum atomic E-state index is -0.200. The third-order valence-electron chi connectivity index (χ3n) is 6.08. The predicted octanol–water partition coefficient (Wildman–Crippen LogP) is 5.77. The monoisotopic (exact) mass is 496 g/mol. The fraction of sp³-hybridized carbons (Fsp3) is 0.333. The number of hydrogen-bond acceptors (Lipinski definition) is 4. The molecule has 178 valence electrons. The lowest BCUT2D eigenvalue weighted by Crippen LogP contribution is -2.48. The lowest BCUT2D eigenvalue weighted by molar-refractivity contribution is -0.135. The van der Waals surface area contributed by atoms with Gasteiger partial charge in [0.05, 0.1) is 6.04 Å². The number of halogens is 1. The highest BCUT2D eigenvalue weighted by Gasteiger charge is 2.33. The highest BCUT2D eigenvalue weighted by atomic mass is 35.5. The molecule has 0 saturated heterocycles. The summed E-state index contributed by atoms with van der Waals surface area (Å²) in [5.41, 5.74) is 2.67. The molecule has 5 nitrogen and oxygen atoms in total. The van der Waals surface area contributed by atoms with Gasteiger partial charge in [0, 0.05) is 28.6 Å². The van der Waals surface area contributed by atoms with Crippen LogP contribution in [0.1, 0.15) is 45.7 Å². The average molecular weight is 497 g/mol. The van der Waals surface area contributed by atoms with E-state index in [1.165, 1.54) is 4.88 Å². The van der Waals surface area contributed by atoms with E-state index in [0.717, 1.165) is 29.7 Å². The van der Waals surface area contributed by atoms with Gasteiger partial charge in [-0.25, -0.2) is 0 Å². The molecule has 0 fully saturated rings. The van der Waals surface area contributed by atoms with Gasteiger partial charge in [-0.1, -0.05) is 36.7 Å². The predicted molar refractivity (Wildman–Crippen MR) is 137 cm³/mol. The number of hydrogen-bond donors (Lipinski definition) is 0. The van der Waals surface area contributed by atoms with Crippen molar-refractivity contribution < 1.29 is 14.3 Å². The molecule has 1 aliphatic rings. The van der Waals surface area contributed by atoms with E-state index in [1.54, 1.807) is 28.4 Å². The van der Waals surface area contributed by atoms with Gasteiger partial charge in [-0.05, 0) is 72.7 Å². The van der Waals surface area contributed by atoms with Crippen LogP contribution in [0.15, 0.2) is 60.0 Å². The van der Waals surface area contributed by atoms with Crippen LogP contribution in [-0.4, -0.2) is 47.9 Å². The van der Waals surface area contributed by atoms with E-state index in [4.69, 9.17) is 16.3 Å². The maximum atomic E-state index is 13.5. The second kappa shape index (κ2) is 11.1. The van der Waals surface area contributed by atoms with Crippen molar-refractivity contribution in [3.8, 4) is 5.75 Å². The summed E-state index contributed by atoms with van der Waals surface area (Å²) in [7, 11) is 0. The molecule has 1 aliphatic heterocycles. The number of rotatable bonds is 8. The first-order valence-corrected chi connectivity index (χ1v) is 12.8. The van der Waals surface area contributed by atoms with Gasteiger partial charge in [0.2, 0.25) is 5.91 Å². The van der Waals surface area contributed by atoms with E-state index in [1.807, 2.05) is 55.1 Å². The van der Waals surface area contributed by atoms with Crippen molar-refractivity contribution >= 4 is 34.8 Å². The van der Waals surface area contributed by atoms with Crippen LogP contribution in [0.25, 0.3) is 0 Å². The smallest absolute Gasteiger partial charge is 0.254 e. The maximum absolute atomic E-state index is 13.5. The van der Waals surface area contributed by atoms with Crippen molar-refractivity contribution in [2.45, 2.75) is 32.7 Å². The minimum Gasteiger partial charge on any atom is -0.491 e. The van der Waals surface area contributed by atoms with E-state index in [0.29, 0.717) is 30.3 Å². The van der Waals surface area contributed by atoms with Crippen LogP contribution in [0, 0.1) is 6.92 Å². The number of fused-ring (bicyclic) bond motifs is 1. The first-order valence-electron chi connectivity index (χ1n) is 11.6. The number of thiophene rings is 1. The quantitative estimate of drug-likeness (QED) is 0.398. The van der Waals surface area contributed by atoms with Crippen molar-refractivity contribution in [1.82, 2.24) is 9.80 Å². The van der Waals surface area contributed by atoms with Crippen molar-refractivity contribution in [2.75, 3.05) is 26.2 Å². The van der Waals surface area contributed by atoms with Crippen LogP contribution >= 0.6 is 22.9 Å². The summed E-state index contributed by atoms with van der Waals surface area (Å²) in [6.07, 6.45) is 1.60. The first-order chi connectivity index (χ1) is 16.5. The van der Waals surface area contributed by atoms with Gasteiger partial charge < -0.3 is 14.5 Å². The normalized spacial score (nSPS) is 15.0. The number of amides is 2. The molecule has 0 bridgehead atoms. The first kappa shape index (κ1) is 24.3. The molecule has 0 N–H and O–H groups in total. The van der Waals surface area contributed by atoms with Crippen molar-refractivity contribution in [2.24, 2.45) is 0 Å². The van der Waals surface area contributed by atoms with Gasteiger partial charge >= 0.3 is 0 Å². The SMILES string of the molecule is CCCN(CC(=O)N1CCc2sccc2C1COc1ccc(Cl)c(C)c1)C(=O)c1ccccc1. The fourth-order valence-electron chi connectivity index (χ4n) is 4.30. The topological polar surface area (TPSA) is 49.9 Å². The number of ether oxygens (including phenoxy) is 1.